The van der Waals surface area contributed by atoms with E-state index in [1.165, 1.54) is 19.1 Å². The smallest absolute Gasteiger partial charge is 0.296 e. The van der Waals surface area contributed by atoms with E-state index in [0.29, 0.717) is 18.4 Å². The lowest BCUT2D eigenvalue weighted by Crippen LogP contribution is -2.49. The zero-order chi connectivity index (χ0) is 18.9. The van der Waals surface area contributed by atoms with Gasteiger partial charge in [0.15, 0.2) is 5.78 Å². The SMILES string of the molecule is CC(=O)C1(OS(=O)(=O)c2ccc(C)cc2)CCCc2ccccc2C1=O. The molecule has 0 aliphatic heterocycles. The third-order valence-corrected chi connectivity index (χ3v) is 6.09. The van der Waals surface area contributed by atoms with Crippen molar-refractivity contribution >= 4 is 21.7 Å². The normalized spacial score (nSPS) is 20.3. The zero-order valence-electron chi connectivity index (χ0n) is 14.7. The molecular formula is C20H20O5S. The average molecular weight is 372 g/mol. The van der Waals surface area contributed by atoms with E-state index in [9.17, 15) is 18.0 Å². The lowest BCUT2D eigenvalue weighted by molar-refractivity contribution is -0.128. The summed E-state index contributed by atoms with van der Waals surface area (Å²) >= 11 is 0. The molecule has 3 rings (SSSR count). The van der Waals surface area contributed by atoms with Crippen LogP contribution in [-0.4, -0.2) is 25.6 Å². The highest BCUT2D eigenvalue weighted by molar-refractivity contribution is 7.86. The molecular weight excluding hydrogens is 352 g/mol. The Labute approximate surface area is 153 Å². The number of fused-ring (bicyclic) bond motifs is 1. The molecule has 5 nitrogen and oxygen atoms in total. The van der Waals surface area contributed by atoms with Gasteiger partial charge in [0.25, 0.3) is 10.1 Å². The van der Waals surface area contributed by atoms with Gasteiger partial charge in [0.05, 0.1) is 4.90 Å². The number of rotatable bonds is 4. The summed E-state index contributed by atoms with van der Waals surface area (Å²) < 4.78 is 30.9. The molecule has 0 radical (unpaired) electrons. The van der Waals surface area contributed by atoms with Crippen LogP contribution in [0.3, 0.4) is 0 Å². The Balaban J connectivity index is 2.07. The fourth-order valence-electron chi connectivity index (χ4n) is 3.23. The molecule has 0 saturated heterocycles. The van der Waals surface area contributed by atoms with Gasteiger partial charge in [-0.25, -0.2) is 4.18 Å². The maximum atomic E-state index is 13.2. The van der Waals surface area contributed by atoms with E-state index < -0.39 is 27.3 Å². The van der Waals surface area contributed by atoms with Crippen LogP contribution < -0.4 is 0 Å². The summed E-state index contributed by atoms with van der Waals surface area (Å²) in [5, 5.41) is 0. The number of aryl methyl sites for hydroxylation is 2. The Morgan fingerprint density at radius 1 is 1.08 bits per heavy atom. The minimum Gasteiger partial charge on any atom is -0.296 e. The van der Waals surface area contributed by atoms with Crippen molar-refractivity contribution in [1.82, 2.24) is 0 Å². The van der Waals surface area contributed by atoms with Crippen molar-refractivity contribution in [2.24, 2.45) is 0 Å². The quantitative estimate of drug-likeness (QED) is 0.468. The highest BCUT2D eigenvalue weighted by Crippen LogP contribution is 2.34. The molecule has 136 valence electrons. The highest BCUT2D eigenvalue weighted by atomic mass is 32.2. The van der Waals surface area contributed by atoms with Crippen molar-refractivity contribution in [2.45, 2.75) is 43.6 Å². The molecule has 1 aliphatic rings. The third-order valence-electron chi connectivity index (χ3n) is 4.73. The lowest BCUT2D eigenvalue weighted by Gasteiger charge is -2.28. The molecule has 26 heavy (non-hydrogen) atoms. The summed E-state index contributed by atoms with van der Waals surface area (Å²) in [6.07, 6.45) is 1.09. The maximum absolute atomic E-state index is 13.2. The van der Waals surface area contributed by atoms with Gasteiger partial charge in [-0.05, 0) is 50.8 Å². The minimum absolute atomic E-state index is 0.0287. The Bertz CT molecular complexity index is 960. The van der Waals surface area contributed by atoms with E-state index in [0.717, 1.165) is 11.1 Å². The van der Waals surface area contributed by atoms with Crippen LogP contribution in [0.15, 0.2) is 53.4 Å². The van der Waals surface area contributed by atoms with Gasteiger partial charge in [-0.2, -0.15) is 8.42 Å². The zero-order valence-corrected chi connectivity index (χ0v) is 15.5. The van der Waals surface area contributed by atoms with Gasteiger partial charge in [-0.3, -0.25) is 9.59 Å². The Morgan fingerprint density at radius 3 is 2.38 bits per heavy atom. The second-order valence-corrected chi connectivity index (χ2v) is 8.12. The molecule has 1 atom stereocenters. The molecule has 0 amide bonds. The van der Waals surface area contributed by atoms with Crippen molar-refractivity contribution in [3.8, 4) is 0 Å². The number of carbonyl (C=O) groups is 2. The van der Waals surface area contributed by atoms with Gasteiger partial charge >= 0.3 is 0 Å². The van der Waals surface area contributed by atoms with Crippen molar-refractivity contribution in [2.75, 3.05) is 0 Å². The molecule has 0 heterocycles. The van der Waals surface area contributed by atoms with Crippen LogP contribution in [0.1, 0.15) is 41.3 Å². The van der Waals surface area contributed by atoms with Crippen LogP contribution in [-0.2, 0) is 25.5 Å². The van der Waals surface area contributed by atoms with Crippen LogP contribution in [0, 0.1) is 6.92 Å². The second kappa shape index (κ2) is 6.78. The molecule has 0 spiro atoms. The largest absolute Gasteiger partial charge is 0.298 e. The third kappa shape index (κ3) is 3.22. The van der Waals surface area contributed by atoms with Crippen molar-refractivity contribution < 1.29 is 22.2 Å². The average Bonchev–Trinajstić information content (AvgIpc) is 2.73. The Hall–Kier alpha value is -2.31. The summed E-state index contributed by atoms with van der Waals surface area (Å²) in [5.74, 6) is -1.19. The summed E-state index contributed by atoms with van der Waals surface area (Å²) in [6, 6.07) is 13.0. The molecule has 2 aromatic rings. The van der Waals surface area contributed by atoms with Crippen molar-refractivity contribution in [3.05, 3.63) is 65.2 Å². The molecule has 0 aromatic heterocycles. The molecule has 6 heteroatoms. The number of Topliss-reactive ketones (excluding diaryl/α,β-unsaturated/α-hetero) is 2. The standard InChI is InChI=1S/C20H20O5S/c1-14-9-11-17(12-10-14)26(23,24)25-20(15(2)21)13-5-7-16-6-3-4-8-18(16)19(20)22/h3-4,6,8-12H,5,7,13H2,1-2H3. The van der Waals surface area contributed by atoms with Crippen LogP contribution in [0.5, 0.6) is 0 Å². The maximum Gasteiger partial charge on any atom is 0.298 e. The van der Waals surface area contributed by atoms with E-state index >= 15 is 0 Å². The molecule has 2 aromatic carbocycles. The van der Waals surface area contributed by atoms with E-state index in [1.54, 1.807) is 24.3 Å². The van der Waals surface area contributed by atoms with Crippen molar-refractivity contribution in [1.29, 1.82) is 0 Å². The Kier molecular flexibility index (Phi) is 4.82. The van der Waals surface area contributed by atoms with E-state index in [-0.39, 0.29) is 11.3 Å². The summed E-state index contributed by atoms with van der Waals surface area (Å²) in [6.45, 7) is 3.04. The van der Waals surface area contributed by atoms with E-state index in [4.69, 9.17) is 4.18 Å². The van der Waals surface area contributed by atoms with Crippen molar-refractivity contribution in [3.63, 3.8) is 0 Å². The van der Waals surface area contributed by atoms with Crippen LogP contribution in [0.2, 0.25) is 0 Å². The monoisotopic (exact) mass is 372 g/mol. The predicted octanol–water partition coefficient (Wildman–Crippen LogP) is 3.25. The number of hydrogen-bond donors (Lipinski definition) is 0. The molecule has 0 saturated carbocycles. The van der Waals surface area contributed by atoms with Gasteiger partial charge in [0.2, 0.25) is 11.4 Å². The first kappa shape index (κ1) is 18.5. The summed E-state index contributed by atoms with van der Waals surface area (Å²) in [7, 11) is -4.27. The minimum atomic E-state index is -4.27. The molecule has 1 aliphatic carbocycles. The lowest BCUT2D eigenvalue weighted by atomic mass is 9.87. The van der Waals surface area contributed by atoms with Gasteiger partial charge in [0, 0.05) is 5.56 Å². The number of ketones is 2. The first-order valence-corrected chi connectivity index (χ1v) is 9.83. The highest BCUT2D eigenvalue weighted by Gasteiger charge is 2.50. The van der Waals surface area contributed by atoms with Gasteiger partial charge < -0.3 is 0 Å². The molecule has 0 N–H and O–H groups in total. The van der Waals surface area contributed by atoms with Gasteiger partial charge in [-0.15, -0.1) is 0 Å². The summed E-state index contributed by atoms with van der Waals surface area (Å²) in [4.78, 5) is 25.5. The van der Waals surface area contributed by atoms with Crippen LogP contribution in [0.25, 0.3) is 0 Å². The molecule has 1 unspecified atom stereocenters. The Morgan fingerprint density at radius 2 is 1.73 bits per heavy atom. The van der Waals surface area contributed by atoms with E-state index in [2.05, 4.69) is 0 Å². The first-order chi connectivity index (χ1) is 12.3. The van der Waals surface area contributed by atoms with Gasteiger partial charge in [0.1, 0.15) is 0 Å². The molecule has 0 bridgehead atoms. The van der Waals surface area contributed by atoms with E-state index in [1.807, 2.05) is 19.1 Å². The summed E-state index contributed by atoms with van der Waals surface area (Å²) in [5.41, 5.74) is 0.0250. The topological polar surface area (TPSA) is 77.5 Å². The number of hydrogen-bond acceptors (Lipinski definition) is 5. The second-order valence-electron chi connectivity index (χ2n) is 6.57. The first-order valence-electron chi connectivity index (χ1n) is 8.42. The number of carbonyl (C=O) groups excluding carboxylic acids is 2. The fraction of sp³-hybridized carbons (Fsp3) is 0.300. The van der Waals surface area contributed by atoms with Gasteiger partial charge in [-0.1, -0.05) is 42.0 Å². The number of benzene rings is 2. The van der Waals surface area contributed by atoms with Crippen LogP contribution in [0.4, 0.5) is 0 Å². The predicted molar refractivity (Wildman–Crippen MR) is 96.6 cm³/mol. The fourth-order valence-corrected chi connectivity index (χ4v) is 4.45. The molecule has 0 fully saturated rings. The van der Waals surface area contributed by atoms with Crippen LogP contribution >= 0.6 is 0 Å².